The molecule has 0 fully saturated rings. The van der Waals surface area contributed by atoms with E-state index in [9.17, 15) is 9.59 Å². The normalized spacial score (nSPS) is 11.1. The van der Waals surface area contributed by atoms with Crippen LogP contribution in [0.2, 0.25) is 0 Å². The molecule has 0 aliphatic carbocycles. The molecule has 32 heavy (non-hydrogen) atoms. The maximum atomic E-state index is 13.1. The molecule has 164 valence electrons. The number of fused-ring (bicyclic) bond motifs is 3. The van der Waals surface area contributed by atoms with Crippen LogP contribution >= 0.6 is 11.8 Å². The molecule has 0 radical (unpaired) electrons. The van der Waals surface area contributed by atoms with Gasteiger partial charge >= 0.3 is 0 Å². The van der Waals surface area contributed by atoms with Gasteiger partial charge in [-0.25, -0.2) is 9.97 Å². The van der Waals surface area contributed by atoms with E-state index in [2.05, 4.69) is 15.1 Å². The Bertz CT molecular complexity index is 1290. The lowest BCUT2D eigenvalue weighted by atomic mass is 10.2. The molecule has 0 saturated heterocycles. The van der Waals surface area contributed by atoms with Crippen molar-refractivity contribution in [2.45, 2.75) is 18.5 Å². The summed E-state index contributed by atoms with van der Waals surface area (Å²) in [6.07, 6.45) is 0.0587. The minimum atomic E-state index is -0.472. The Kier molecular flexibility index (Phi) is 6.22. The number of hydrogen-bond donors (Lipinski definition) is 1. The third-order valence-electron chi connectivity index (χ3n) is 4.85. The van der Waals surface area contributed by atoms with Gasteiger partial charge in [-0.05, 0) is 43.3 Å². The summed E-state index contributed by atoms with van der Waals surface area (Å²) in [6, 6.07) is 14.8. The fourth-order valence-electron chi connectivity index (χ4n) is 3.31. The fourth-order valence-corrected chi connectivity index (χ4v) is 4.13. The van der Waals surface area contributed by atoms with Crippen LogP contribution in [0.4, 0.5) is 5.69 Å². The van der Waals surface area contributed by atoms with Gasteiger partial charge in [-0.1, -0.05) is 23.9 Å². The lowest BCUT2D eigenvalue weighted by Gasteiger charge is -2.22. The second-order valence-electron chi connectivity index (χ2n) is 7.05. The number of amides is 2. The number of anilines is 1. The average molecular weight is 451 g/mol. The molecule has 0 aliphatic heterocycles. The summed E-state index contributed by atoms with van der Waals surface area (Å²) in [5.74, 6) is 0.748. The molecule has 0 atom stereocenters. The first-order chi connectivity index (χ1) is 15.5. The Labute approximate surface area is 188 Å². The maximum absolute atomic E-state index is 13.1. The number of nitrogens with zero attached hydrogens (tertiary/aromatic N) is 5. The summed E-state index contributed by atoms with van der Waals surface area (Å²) in [6.45, 7) is 2.00. The molecule has 2 N–H and O–H groups in total. The highest BCUT2D eigenvalue weighted by molar-refractivity contribution is 7.99. The minimum Gasteiger partial charge on any atom is -0.497 e. The summed E-state index contributed by atoms with van der Waals surface area (Å²) in [5, 5.41) is 5.91. The number of nitrogens with two attached hydrogens (primary N) is 1. The van der Waals surface area contributed by atoms with Crippen LogP contribution in [0.5, 0.6) is 5.75 Å². The van der Waals surface area contributed by atoms with E-state index in [0.29, 0.717) is 28.1 Å². The molecule has 2 heterocycles. The lowest BCUT2D eigenvalue weighted by Crippen LogP contribution is -2.35. The van der Waals surface area contributed by atoms with E-state index in [1.807, 2.05) is 31.2 Å². The maximum Gasteiger partial charge on any atom is 0.237 e. The van der Waals surface area contributed by atoms with Gasteiger partial charge in [-0.15, -0.1) is 5.10 Å². The Morgan fingerprint density at radius 2 is 1.88 bits per heavy atom. The Hall–Kier alpha value is -3.66. The summed E-state index contributed by atoms with van der Waals surface area (Å²) in [7, 11) is 1.57. The highest BCUT2D eigenvalue weighted by Gasteiger charge is 2.19. The average Bonchev–Trinajstić information content (AvgIpc) is 3.19. The molecule has 2 aromatic heterocycles. The number of para-hydroxylation sites is 1. The van der Waals surface area contributed by atoms with Crippen LogP contribution < -0.4 is 15.4 Å². The second-order valence-corrected chi connectivity index (χ2v) is 8.00. The van der Waals surface area contributed by atoms with Gasteiger partial charge < -0.3 is 15.4 Å². The van der Waals surface area contributed by atoms with Crippen molar-refractivity contribution in [1.82, 2.24) is 19.6 Å². The molecular weight excluding hydrogens is 428 g/mol. The highest BCUT2D eigenvalue weighted by Crippen LogP contribution is 2.25. The summed E-state index contributed by atoms with van der Waals surface area (Å²) < 4.78 is 6.85. The van der Waals surface area contributed by atoms with Crippen LogP contribution in [-0.2, 0) is 9.59 Å². The first-order valence-electron chi connectivity index (χ1n) is 9.94. The van der Waals surface area contributed by atoms with Gasteiger partial charge in [0, 0.05) is 24.0 Å². The van der Waals surface area contributed by atoms with Crippen LogP contribution in [0.1, 0.15) is 12.2 Å². The number of carbonyl (C=O) groups is 2. The van der Waals surface area contributed by atoms with Crippen molar-refractivity contribution in [3.8, 4) is 5.75 Å². The third-order valence-corrected chi connectivity index (χ3v) is 5.76. The van der Waals surface area contributed by atoms with E-state index in [1.165, 1.54) is 11.8 Å². The summed E-state index contributed by atoms with van der Waals surface area (Å²) >= 11 is 1.27. The number of rotatable bonds is 8. The molecule has 0 unspecified atom stereocenters. The molecule has 0 bridgehead atoms. The number of thioether (sulfide) groups is 1. The Balaban J connectivity index is 1.60. The number of benzene rings is 2. The van der Waals surface area contributed by atoms with Crippen LogP contribution in [0.3, 0.4) is 0 Å². The van der Waals surface area contributed by atoms with Gasteiger partial charge in [0.2, 0.25) is 11.8 Å². The molecule has 4 aromatic rings. The number of ether oxygens (including phenoxy) is 1. The van der Waals surface area contributed by atoms with Crippen molar-refractivity contribution in [2.75, 3.05) is 24.3 Å². The number of primary amides is 1. The van der Waals surface area contributed by atoms with Crippen LogP contribution in [0, 0.1) is 6.92 Å². The predicted octanol–water partition coefficient (Wildman–Crippen LogP) is 2.60. The smallest absolute Gasteiger partial charge is 0.237 e. The van der Waals surface area contributed by atoms with Gasteiger partial charge in [0.25, 0.3) is 0 Å². The van der Waals surface area contributed by atoms with Crippen molar-refractivity contribution in [3.05, 3.63) is 54.4 Å². The second kappa shape index (κ2) is 9.23. The van der Waals surface area contributed by atoms with Crippen LogP contribution in [0.15, 0.2) is 53.7 Å². The standard InChI is InChI=1S/C22H22N6O3S/c1-14-24-21-17-5-3-4-6-18(17)25-22(28(21)26-14)32-13-20(30)27(12-11-19(23)29)15-7-9-16(31-2)10-8-15/h3-10H,11-13H2,1-2H3,(H2,23,29). The predicted molar refractivity (Wildman–Crippen MR) is 123 cm³/mol. The van der Waals surface area contributed by atoms with Gasteiger partial charge in [0.15, 0.2) is 10.8 Å². The first-order valence-corrected chi connectivity index (χ1v) is 10.9. The molecule has 9 nitrogen and oxygen atoms in total. The fraction of sp³-hybridized carbons (Fsp3) is 0.227. The van der Waals surface area contributed by atoms with Crippen molar-refractivity contribution < 1.29 is 14.3 Å². The number of aryl methyl sites for hydroxylation is 1. The van der Waals surface area contributed by atoms with Crippen LogP contribution in [0.25, 0.3) is 16.6 Å². The van der Waals surface area contributed by atoms with Gasteiger partial charge in [-0.2, -0.15) is 4.52 Å². The SMILES string of the molecule is COc1ccc(N(CCC(N)=O)C(=O)CSc2nc3ccccc3c3nc(C)nn23)cc1. The lowest BCUT2D eigenvalue weighted by molar-refractivity contribution is -0.118. The number of methoxy groups -OCH3 is 1. The molecule has 0 aliphatic rings. The summed E-state index contributed by atoms with van der Waals surface area (Å²) in [5.41, 5.74) is 7.45. The minimum absolute atomic E-state index is 0.0587. The van der Waals surface area contributed by atoms with Gasteiger partial charge in [-0.3, -0.25) is 9.59 Å². The largest absolute Gasteiger partial charge is 0.497 e. The van der Waals surface area contributed by atoms with E-state index in [1.54, 1.807) is 40.8 Å². The van der Waals surface area contributed by atoms with Crippen LogP contribution in [-0.4, -0.2) is 50.8 Å². The van der Waals surface area contributed by atoms with Gasteiger partial charge in [0.05, 0.1) is 18.4 Å². The first kappa shape index (κ1) is 21.6. The van der Waals surface area contributed by atoms with Crippen molar-refractivity contribution in [1.29, 1.82) is 0 Å². The van der Waals surface area contributed by atoms with Gasteiger partial charge in [0.1, 0.15) is 11.6 Å². The quantitative estimate of drug-likeness (QED) is 0.324. The van der Waals surface area contributed by atoms with E-state index >= 15 is 0 Å². The highest BCUT2D eigenvalue weighted by atomic mass is 32.2. The zero-order valence-electron chi connectivity index (χ0n) is 17.7. The van der Waals surface area contributed by atoms with E-state index in [4.69, 9.17) is 10.5 Å². The molecule has 10 heteroatoms. The zero-order valence-corrected chi connectivity index (χ0v) is 18.5. The molecule has 2 amide bonds. The van der Waals surface area contributed by atoms with Crippen molar-refractivity contribution in [2.24, 2.45) is 5.73 Å². The van der Waals surface area contributed by atoms with Crippen molar-refractivity contribution in [3.63, 3.8) is 0 Å². The zero-order chi connectivity index (χ0) is 22.7. The molecule has 4 rings (SSSR count). The Morgan fingerprint density at radius 3 is 2.59 bits per heavy atom. The topological polar surface area (TPSA) is 116 Å². The number of aromatic nitrogens is 4. The monoisotopic (exact) mass is 450 g/mol. The van der Waals surface area contributed by atoms with Crippen molar-refractivity contribution >= 4 is 45.8 Å². The molecule has 0 saturated carbocycles. The molecule has 2 aromatic carbocycles. The van der Waals surface area contributed by atoms with E-state index in [0.717, 1.165) is 10.9 Å². The van der Waals surface area contributed by atoms with E-state index < -0.39 is 5.91 Å². The molecule has 0 spiro atoms. The summed E-state index contributed by atoms with van der Waals surface area (Å²) in [4.78, 5) is 35.2. The number of carbonyl (C=O) groups excluding carboxylic acids is 2. The number of hydrogen-bond acceptors (Lipinski definition) is 7. The Morgan fingerprint density at radius 1 is 1.12 bits per heavy atom. The third kappa shape index (κ3) is 4.50. The molecular formula is C22H22N6O3S. The van der Waals surface area contributed by atoms with E-state index in [-0.39, 0.29) is 24.6 Å².